The van der Waals surface area contributed by atoms with Gasteiger partial charge in [0.1, 0.15) is 6.54 Å². The van der Waals surface area contributed by atoms with Crippen molar-refractivity contribution >= 4 is 11.7 Å². The number of rotatable bonds is 5. The van der Waals surface area contributed by atoms with E-state index in [0.717, 1.165) is 38.5 Å². The van der Waals surface area contributed by atoms with Crippen molar-refractivity contribution in [3.63, 3.8) is 0 Å². The van der Waals surface area contributed by atoms with E-state index >= 15 is 0 Å². The van der Waals surface area contributed by atoms with Crippen molar-refractivity contribution in [2.24, 2.45) is 0 Å². The number of anilines is 1. The van der Waals surface area contributed by atoms with Gasteiger partial charge in [-0.15, -0.1) is 0 Å². The Bertz CT molecular complexity index is 400. The van der Waals surface area contributed by atoms with Crippen LogP contribution in [0.4, 0.5) is 5.69 Å². The van der Waals surface area contributed by atoms with Gasteiger partial charge in [-0.05, 0) is 17.7 Å². The standard InChI is InChI=1S/C14H20N2O3/c1-18-14(17)10-15-13-4-2-12(3-5-13)11-16-6-8-19-9-7-16/h2-5,15H,6-11H2,1H3. The molecule has 0 amide bonds. The third-order valence-electron chi connectivity index (χ3n) is 3.13. The van der Waals surface area contributed by atoms with E-state index in [9.17, 15) is 4.79 Å². The molecule has 1 aliphatic heterocycles. The molecule has 0 spiro atoms. The number of methoxy groups -OCH3 is 1. The fraction of sp³-hybridized carbons (Fsp3) is 0.500. The molecule has 1 aliphatic rings. The Morgan fingerprint density at radius 3 is 2.63 bits per heavy atom. The molecule has 0 saturated carbocycles. The summed E-state index contributed by atoms with van der Waals surface area (Å²) in [5.74, 6) is -0.266. The molecule has 104 valence electrons. The summed E-state index contributed by atoms with van der Waals surface area (Å²) < 4.78 is 9.90. The zero-order valence-corrected chi connectivity index (χ0v) is 11.2. The first-order chi connectivity index (χ1) is 9.28. The summed E-state index contributed by atoms with van der Waals surface area (Å²) in [5, 5.41) is 3.02. The van der Waals surface area contributed by atoms with Crippen molar-refractivity contribution < 1.29 is 14.3 Å². The molecular formula is C14H20N2O3. The van der Waals surface area contributed by atoms with Gasteiger partial charge in [0.15, 0.2) is 0 Å². The number of hydrogen-bond donors (Lipinski definition) is 1. The van der Waals surface area contributed by atoms with E-state index in [4.69, 9.17) is 4.74 Å². The maximum absolute atomic E-state index is 11.0. The van der Waals surface area contributed by atoms with Gasteiger partial charge in [0.25, 0.3) is 0 Å². The summed E-state index contributed by atoms with van der Waals surface area (Å²) in [6.07, 6.45) is 0. The molecule has 0 unspecified atom stereocenters. The summed E-state index contributed by atoms with van der Waals surface area (Å²) >= 11 is 0. The zero-order chi connectivity index (χ0) is 13.5. The van der Waals surface area contributed by atoms with Crippen LogP contribution in [0.5, 0.6) is 0 Å². The van der Waals surface area contributed by atoms with Crippen LogP contribution in [0.15, 0.2) is 24.3 Å². The monoisotopic (exact) mass is 264 g/mol. The number of hydrogen-bond acceptors (Lipinski definition) is 5. The van der Waals surface area contributed by atoms with Gasteiger partial charge >= 0.3 is 5.97 Å². The maximum atomic E-state index is 11.0. The lowest BCUT2D eigenvalue weighted by molar-refractivity contribution is -0.138. The van der Waals surface area contributed by atoms with Gasteiger partial charge < -0.3 is 14.8 Å². The molecule has 0 bridgehead atoms. The Morgan fingerprint density at radius 2 is 2.00 bits per heavy atom. The molecular weight excluding hydrogens is 244 g/mol. The summed E-state index contributed by atoms with van der Waals surface area (Å²) in [6.45, 7) is 4.75. The highest BCUT2D eigenvalue weighted by molar-refractivity contribution is 5.74. The van der Waals surface area contributed by atoms with Gasteiger partial charge in [-0.1, -0.05) is 12.1 Å². The highest BCUT2D eigenvalue weighted by Gasteiger charge is 2.10. The van der Waals surface area contributed by atoms with Crippen molar-refractivity contribution in [3.8, 4) is 0 Å². The SMILES string of the molecule is COC(=O)CNc1ccc(CN2CCOCC2)cc1. The second-order valence-electron chi connectivity index (χ2n) is 4.52. The fourth-order valence-corrected chi connectivity index (χ4v) is 1.99. The van der Waals surface area contributed by atoms with Gasteiger partial charge in [0.2, 0.25) is 0 Å². The van der Waals surface area contributed by atoms with Crippen LogP contribution in [0.3, 0.4) is 0 Å². The van der Waals surface area contributed by atoms with Gasteiger partial charge in [-0.3, -0.25) is 9.69 Å². The number of esters is 1. The maximum Gasteiger partial charge on any atom is 0.325 e. The van der Waals surface area contributed by atoms with Crippen molar-refractivity contribution in [1.29, 1.82) is 0 Å². The highest BCUT2D eigenvalue weighted by atomic mass is 16.5. The molecule has 0 aromatic heterocycles. The van der Waals surface area contributed by atoms with E-state index in [-0.39, 0.29) is 12.5 Å². The summed E-state index contributed by atoms with van der Waals surface area (Å²) in [5.41, 5.74) is 2.20. The predicted octanol–water partition coefficient (Wildman–Crippen LogP) is 1.10. The van der Waals surface area contributed by atoms with Crippen LogP contribution in [0.25, 0.3) is 0 Å². The predicted molar refractivity (Wildman–Crippen MR) is 73.0 cm³/mol. The van der Waals surface area contributed by atoms with E-state index in [2.05, 4.69) is 27.1 Å². The molecule has 1 fully saturated rings. The molecule has 0 radical (unpaired) electrons. The number of ether oxygens (including phenoxy) is 2. The first-order valence-corrected chi connectivity index (χ1v) is 6.47. The van der Waals surface area contributed by atoms with Crippen LogP contribution in [0.2, 0.25) is 0 Å². The molecule has 2 rings (SSSR count). The number of carbonyl (C=O) groups is 1. The third-order valence-corrected chi connectivity index (χ3v) is 3.13. The summed E-state index contributed by atoms with van der Waals surface area (Å²) in [7, 11) is 1.38. The number of carbonyl (C=O) groups excluding carboxylic acids is 1. The van der Waals surface area contributed by atoms with Crippen LogP contribution < -0.4 is 5.32 Å². The second-order valence-corrected chi connectivity index (χ2v) is 4.52. The van der Waals surface area contributed by atoms with E-state index in [1.807, 2.05) is 12.1 Å². The lowest BCUT2D eigenvalue weighted by Crippen LogP contribution is -2.35. The topological polar surface area (TPSA) is 50.8 Å². The Morgan fingerprint density at radius 1 is 1.32 bits per heavy atom. The molecule has 5 heteroatoms. The second kappa shape index (κ2) is 7.11. The van der Waals surface area contributed by atoms with Crippen LogP contribution in [0, 0.1) is 0 Å². The zero-order valence-electron chi connectivity index (χ0n) is 11.2. The van der Waals surface area contributed by atoms with E-state index < -0.39 is 0 Å². The minimum absolute atomic E-state index is 0.194. The average Bonchev–Trinajstić information content (AvgIpc) is 2.47. The van der Waals surface area contributed by atoms with Crippen LogP contribution >= 0.6 is 0 Å². The number of nitrogens with zero attached hydrogens (tertiary/aromatic N) is 1. The first-order valence-electron chi connectivity index (χ1n) is 6.47. The number of nitrogens with one attached hydrogen (secondary N) is 1. The molecule has 1 aromatic rings. The van der Waals surface area contributed by atoms with Crippen molar-refractivity contribution in [1.82, 2.24) is 4.90 Å². The number of benzene rings is 1. The smallest absolute Gasteiger partial charge is 0.325 e. The molecule has 1 heterocycles. The Hall–Kier alpha value is -1.59. The van der Waals surface area contributed by atoms with E-state index in [1.54, 1.807) is 0 Å². The van der Waals surface area contributed by atoms with E-state index in [0.29, 0.717) is 0 Å². The van der Waals surface area contributed by atoms with Gasteiger partial charge in [0.05, 0.1) is 20.3 Å². The Kier molecular flexibility index (Phi) is 5.18. The van der Waals surface area contributed by atoms with Crippen LogP contribution in [-0.2, 0) is 20.8 Å². The van der Waals surface area contributed by atoms with Gasteiger partial charge in [-0.25, -0.2) is 0 Å². The fourth-order valence-electron chi connectivity index (χ4n) is 1.99. The largest absolute Gasteiger partial charge is 0.468 e. The minimum atomic E-state index is -0.266. The van der Waals surface area contributed by atoms with Crippen molar-refractivity contribution in [3.05, 3.63) is 29.8 Å². The molecule has 0 aliphatic carbocycles. The quantitative estimate of drug-likeness (QED) is 0.807. The number of morpholine rings is 1. The molecule has 1 saturated heterocycles. The summed E-state index contributed by atoms with van der Waals surface area (Å²) in [4.78, 5) is 13.4. The molecule has 1 N–H and O–H groups in total. The summed E-state index contributed by atoms with van der Waals surface area (Å²) in [6, 6.07) is 8.13. The molecule has 0 atom stereocenters. The van der Waals surface area contributed by atoms with Gasteiger partial charge in [-0.2, -0.15) is 0 Å². The molecule has 19 heavy (non-hydrogen) atoms. The van der Waals surface area contributed by atoms with E-state index in [1.165, 1.54) is 12.7 Å². The Labute approximate surface area is 113 Å². The van der Waals surface area contributed by atoms with Gasteiger partial charge in [0, 0.05) is 25.3 Å². The first kappa shape index (κ1) is 13.8. The lowest BCUT2D eigenvalue weighted by atomic mass is 10.2. The van der Waals surface area contributed by atoms with Crippen molar-refractivity contribution in [2.45, 2.75) is 6.54 Å². The van der Waals surface area contributed by atoms with Crippen LogP contribution in [-0.4, -0.2) is 50.8 Å². The Balaban J connectivity index is 1.82. The third kappa shape index (κ3) is 4.54. The minimum Gasteiger partial charge on any atom is -0.468 e. The highest BCUT2D eigenvalue weighted by Crippen LogP contribution is 2.12. The van der Waals surface area contributed by atoms with Crippen molar-refractivity contribution in [2.75, 3.05) is 45.3 Å². The van der Waals surface area contributed by atoms with Crippen LogP contribution in [0.1, 0.15) is 5.56 Å². The molecule has 5 nitrogen and oxygen atoms in total. The lowest BCUT2D eigenvalue weighted by Gasteiger charge is -2.26. The normalized spacial score (nSPS) is 16.1. The molecule has 1 aromatic carbocycles. The average molecular weight is 264 g/mol.